The number of benzene rings is 2. The zero-order valence-corrected chi connectivity index (χ0v) is 12.3. The van der Waals surface area contributed by atoms with Gasteiger partial charge in [0.05, 0.1) is 11.4 Å². The van der Waals surface area contributed by atoms with E-state index in [-0.39, 0.29) is 18.5 Å². The highest BCUT2D eigenvalue weighted by molar-refractivity contribution is 6.19. The van der Waals surface area contributed by atoms with Gasteiger partial charge in [-0.3, -0.25) is 9.79 Å². The van der Waals surface area contributed by atoms with Gasteiger partial charge in [-0.2, -0.15) is 0 Å². The summed E-state index contributed by atoms with van der Waals surface area (Å²) in [4.78, 5) is 18.8. The number of nitrogens with zero attached hydrogens (tertiary/aromatic N) is 2. The molecule has 0 unspecified atom stereocenters. The molecule has 0 saturated carbocycles. The molecule has 3 rings (SSSR count). The zero-order valence-electron chi connectivity index (χ0n) is 12.3. The lowest BCUT2D eigenvalue weighted by Crippen LogP contribution is -2.38. The Bertz CT molecular complexity index is 689. The molecule has 2 aromatic rings. The van der Waals surface area contributed by atoms with Crippen molar-refractivity contribution < 1.29 is 4.79 Å². The van der Waals surface area contributed by atoms with Gasteiger partial charge < -0.3 is 4.90 Å². The van der Waals surface area contributed by atoms with Crippen molar-refractivity contribution in [1.29, 1.82) is 0 Å². The van der Waals surface area contributed by atoms with E-state index in [4.69, 9.17) is 0 Å². The summed E-state index contributed by atoms with van der Waals surface area (Å²) in [7, 11) is 0. The average Bonchev–Trinajstić information content (AvgIpc) is 2.64. The van der Waals surface area contributed by atoms with Crippen molar-refractivity contribution in [2.45, 2.75) is 19.9 Å². The number of para-hydroxylation sites is 1. The van der Waals surface area contributed by atoms with Gasteiger partial charge in [-0.1, -0.05) is 48.5 Å². The van der Waals surface area contributed by atoms with Gasteiger partial charge in [0.1, 0.15) is 6.54 Å². The highest BCUT2D eigenvalue weighted by Crippen LogP contribution is 2.28. The monoisotopic (exact) mass is 278 g/mol. The van der Waals surface area contributed by atoms with E-state index in [2.05, 4.69) is 4.99 Å². The third-order valence-corrected chi connectivity index (χ3v) is 3.62. The maximum absolute atomic E-state index is 12.4. The molecule has 0 atom stereocenters. The van der Waals surface area contributed by atoms with Gasteiger partial charge in [-0.05, 0) is 19.9 Å². The number of benzodiazepines with no additional fused rings is 1. The molecule has 1 aliphatic heterocycles. The summed E-state index contributed by atoms with van der Waals surface area (Å²) in [6.45, 7) is 4.25. The molecule has 0 aromatic heterocycles. The molecule has 2 aromatic carbocycles. The van der Waals surface area contributed by atoms with Crippen LogP contribution in [0.1, 0.15) is 25.0 Å². The molecule has 1 amide bonds. The predicted molar refractivity (Wildman–Crippen MR) is 86.0 cm³/mol. The Hall–Kier alpha value is -2.42. The number of amides is 1. The fourth-order valence-electron chi connectivity index (χ4n) is 2.74. The molecular formula is C18H18N2O. The number of fused-ring (bicyclic) bond motifs is 1. The van der Waals surface area contributed by atoms with Gasteiger partial charge in [0, 0.05) is 17.2 Å². The molecule has 0 N–H and O–H groups in total. The van der Waals surface area contributed by atoms with Crippen LogP contribution in [0.15, 0.2) is 59.6 Å². The summed E-state index contributed by atoms with van der Waals surface area (Å²) in [5.74, 6) is 0.0448. The first-order valence-corrected chi connectivity index (χ1v) is 7.20. The van der Waals surface area contributed by atoms with Crippen LogP contribution in [0.25, 0.3) is 0 Å². The smallest absolute Gasteiger partial charge is 0.248 e. The Labute approximate surface area is 124 Å². The van der Waals surface area contributed by atoms with E-state index in [9.17, 15) is 4.79 Å². The van der Waals surface area contributed by atoms with E-state index in [0.29, 0.717) is 0 Å². The van der Waals surface area contributed by atoms with E-state index in [1.165, 1.54) is 0 Å². The summed E-state index contributed by atoms with van der Waals surface area (Å²) < 4.78 is 0. The third kappa shape index (κ3) is 2.47. The standard InChI is InChI=1S/C18H18N2O/c1-13(2)20-16-11-7-6-10-15(16)18(19-12-17(20)21)14-8-4-3-5-9-14/h3-11,13H,12H2,1-2H3. The van der Waals surface area contributed by atoms with Gasteiger partial charge >= 0.3 is 0 Å². The molecule has 0 spiro atoms. The van der Waals surface area contributed by atoms with E-state index in [1.807, 2.05) is 73.3 Å². The third-order valence-electron chi connectivity index (χ3n) is 3.62. The van der Waals surface area contributed by atoms with Crippen molar-refractivity contribution in [3.63, 3.8) is 0 Å². The van der Waals surface area contributed by atoms with Crippen LogP contribution in [0.2, 0.25) is 0 Å². The van der Waals surface area contributed by atoms with Crippen LogP contribution in [0.3, 0.4) is 0 Å². The van der Waals surface area contributed by atoms with Gasteiger partial charge in [-0.15, -0.1) is 0 Å². The average molecular weight is 278 g/mol. The number of aliphatic imine (C=N–C) groups is 1. The van der Waals surface area contributed by atoms with Crippen LogP contribution >= 0.6 is 0 Å². The van der Waals surface area contributed by atoms with Crippen molar-refractivity contribution in [2.75, 3.05) is 11.4 Å². The lowest BCUT2D eigenvalue weighted by Gasteiger charge is -2.26. The van der Waals surface area contributed by atoms with E-state index in [1.54, 1.807) is 0 Å². The number of hydrogen-bond acceptors (Lipinski definition) is 2. The van der Waals surface area contributed by atoms with Crippen LogP contribution in [0.4, 0.5) is 5.69 Å². The molecule has 0 radical (unpaired) electrons. The number of rotatable bonds is 2. The molecule has 21 heavy (non-hydrogen) atoms. The van der Waals surface area contributed by atoms with E-state index >= 15 is 0 Å². The highest BCUT2D eigenvalue weighted by Gasteiger charge is 2.26. The fourth-order valence-corrected chi connectivity index (χ4v) is 2.74. The summed E-state index contributed by atoms with van der Waals surface area (Å²) in [6.07, 6.45) is 0. The Kier molecular flexibility index (Phi) is 3.57. The maximum atomic E-state index is 12.4. The quantitative estimate of drug-likeness (QED) is 0.829. The molecule has 0 fully saturated rings. The van der Waals surface area contributed by atoms with Crippen LogP contribution in [-0.4, -0.2) is 24.2 Å². The second-order valence-corrected chi connectivity index (χ2v) is 5.41. The molecule has 0 saturated heterocycles. The number of anilines is 1. The lowest BCUT2D eigenvalue weighted by molar-refractivity contribution is -0.117. The Morgan fingerprint density at radius 3 is 2.38 bits per heavy atom. The van der Waals surface area contributed by atoms with Crippen molar-refractivity contribution >= 4 is 17.3 Å². The molecule has 3 nitrogen and oxygen atoms in total. The largest absolute Gasteiger partial charge is 0.308 e. The SMILES string of the molecule is CC(C)N1C(=O)CN=C(c2ccccc2)c2ccccc21. The molecule has 0 bridgehead atoms. The van der Waals surface area contributed by atoms with Crippen LogP contribution < -0.4 is 4.90 Å². The Morgan fingerprint density at radius 1 is 1.00 bits per heavy atom. The van der Waals surface area contributed by atoms with Gasteiger partial charge in [0.15, 0.2) is 0 Å². The topological polar surface area (TPSA) is 32.7 Å². The first-order valence-electron chi connectivity index (χ1n) is 7.20. The number of carbonyl (C=O) groups is 1. The normalized spacial score (nSPS) is 14.7. The van der Waals surface area contributed by atoms with Gasteiger partial charge in [0.25, 0.3) is 0 Å². The minimum Gasteiger partial charge on any atom is -0.308 e. The predicted octanol–water partition coefficient (Wildman–Crippen LogP) is 3.28. The minimum atomic E-state index is 0.0448. The summed E-state index contributed by atoms with van der Waals surface area (Å²) in [5, 5.41) is 0. The molecule has 1 heterocycles. The Morgan fingerprint density at radius 2 is 1.67 bits per heavy atom. The Balaban J connectivity index is 2.19. The van der Waals surface area contributed by atoms with Gasteiger partial charge in [0.2, 0.25) is 5.91 Å². The maximum Gasteiger partial charge on any atom is 0.248 e. The van der Waals surface area contributed by atoms with Crippen molar-refractivity contribution in [2.24, 2.45) is 4.99 Å². The lowest BCUT2D eigenvalue weighted by atomic mass is 10.00. The molecule has 1 aliphatic rings. The number of carbonyl (C=O) groups excluding carboxylic acids is 1. The van der Waals surface area contributed by atoms with E-state index < -0.39 is 0 Å². The second-order valence-electron chi connectivity index (χ2n) is 5.41. The summed E-state index contributed by atoms with van der Waals surface area (Å²) in [6, 6.07) is 18.1. The van der Waals surface area contributed by atoms with Crippen LogP contribution in [0.5, 0.6) is 0 Å². The second kappa shape index (κ2) is 5.52. The molecule has 3 heteroatoms. The zero-order chi connectivity index (χ0) is 14.8. The van der Waals surface area contributed by atoms with Crippen LogP contribution in [0, 0.1) is 0 Å². The first-order chi connectivity index (χ1) is 10.2. The highest BCUT2D eigenvalue weighted by atomic mass is 16.2. The molecule has 106 valence electrons. The fraction of sp³-hybridized carbons (Fsp3) is 0.222. The van der Waals surface area contributed by atoms with Crippen molar-refractivity contribution in [3.05, 3.63) is 65.7 Å². The van der Waals surface area contributed by atoms with Crippen molar-refractivity contribution in [3.8, 4) is 0 Å². The molecule has 0 aliphatic carbocycles. The first kappa shape index (κ1) is 13.6. The summed E-state index contributed by atoms with van der Waals surface area (Å²) in [5.41, 5.74) is 3.90. The minimum absolute atomic E-state index is 0.0448. The molecular weight excluding hydrogens is 260 g/mol. The van der Waals surface area contributed by atoms with E-state index in [0.717, 1.165) is 22.5 Å². The van der Waals surface area contributed by atoms with Gasteiger partial charge in [-0.25, -0.2) is 0 Å². The summed E-state index contributed by atoms with van der Waals surface area (Å²) >= 11 is 0. The van der Waals surface area contributed by atoms with Crippen LogP contribution in [-0.2, 0) is 4.79 Å². The number of hydrogen-bond donors (Lipinski definition) is 0. The van der Waals surface area contributed by atoms with Crippen molar-refractivity contribution in [1.82, 2.24) is 0 Å².